The zero-order valence-electron chi connectivity index (χ0n) is 20.0. The lowest BCUT2D eigenvalue weighted by Crippen LogP contribution is -2.35. The van der Waals surface area contributed by atoms with Gasteiger partial charge < -0.3 is 15.4 Å². The van der Waals surface area contributed by atoms with Gasteiger partial charge in [0, 0.05) is 40.2 Å². The minimum absolute atomic E-state index is 0.0335. The van der Waals surface area contributed by atoms with Crippen LogP contribution in [0.3, 0.4) is 0 Å². The number of hydrogen-bond donors (Lipinski definition) is 2. The zero-order valence-corrected chi connectivity index (χ0v) is 20.0. The molecule has 0 saturated carbocycles. The Morgan fingerprint density at radius 3 is 2.50 bits per heavy atom. The Bertz CT molecular complexity index is 1360. The third-order valence-corrected chi connectivity index (χ3v) is 6.59. The highest BCUT2D eigenvalue weighted by atomic mass is 19.1. The Labute approximate surface area is 209 Å². The quantitative estimate of drug-likeness (QED) is 0.452. The number of benzene rings is 3. The molecule has 2 aliphatic rings. The average molecular weight is 483 g/mol. The highest BCUT2D eigenvalue weighted by molar-refractivity contribution is 6.09. The van der Waals surface area contributed by atoms with Gasteiger partial charge in [0.1, 0.15) is 18.2 Å². The number of hydrogen-bond acceptors (Lipinski definition) is 4. The molecule has 2 N–H and O–H groups in total. The first-order valence-electron chi connectivity index (χ1n) is 12.1. The third kappa shape index (κ3) is 4.80. The number of allylic oxidation sites excluding steroid dienone is 3. The molecule has 0 aromatic heterocycles. The maximum atomic E-state index is 13.6. The van der Waals surface area contributed by atoms with E-state index >= 15 is 0 Å². The fourth-order valence-corrected chi connectivity index (χ4v) is 4.91. The highest BCUT2D eigenvalue weighted by Gasteiger charge is 2.39. The maximum Gasteiger partial charge on any atom is 0.254 e. The van der Waals surface area contributed by atoms with E-state index in [1.54, 1.807) is 0 Å². The number of anilines is 1. The molecule has 1 heterocycles. The highest BCUT2D eigenvalue weighted by Crippen LogP contribution is 2.45. The molecule has 0 fully saturated rings. The molecule has 0 saturated heterocycles. The summed E-state index contributed by atoms with van der Waals surface area (Å²) in [4.78, 5) is 26.9. The summed E-state index contributed by atoms with van der Waals surface area (Å²) in [5.41, 5.74) is 4.88. The van der Waals surface area contributed by atoms with Gasteiger partial charge in [-0.1, -0.05) is 48.5 Å². The van der Waals surface area contributed by atoms with E-state index in [1.165, 1.54) is 24.3 Å². The van der Waals surface area contributed by atoms with E-state index < -0.39 is 5.92 Å². The maximum absolute atomic E-state index is 13.6. The Morgan fingerprint density at radius 2 is 1.72 bits per heavy atom. The van der Waals surface area contributed by atoms with Crippen molar-refractivity contribution >= 4 is 17.4 Å². The van der Waals surface area contributed by atoms with Gasteiger partial charge in [0.25, 0.3) is 5.91 Å². The normalized spacial score (nSPS) is 17.4. The summed E-state index contributed by atoms with van der Waals surface area (Å²) in [5, 5.41) is 6.21. The van der Waals surface area contributed by atoms with Gasteiger partial charge in [-0.05, 0) is 55.7 Å². The van der Waals surface area contributed by atoms with Crippen molar-refractivity contribution in [1.82, 2.24) is 5.32 Å². The van der Waals surface area contributed by atoms with Crippen LogP contribution in [0.2, 0.25) is 0 Å². The molecule has 182 valence electrons. The monoisotopic (exact) mass is 482 g/mol. The van der Waals surface area contributed by atoms with E-state index in [4.69, 9.17) is 4.74 Å². The van der Waals surface area contributed by atoms with Crippen molar-refractivity contribution in [2.45, 2.75) is 38.7 Å². The van der Waals surface area contributed by atoms with E-state index in [9.17, 15) is 14.0 Å². The van der Waals surface area contributed by atoms with Gasteiger partial charge in [-0.15, -0.1) is 0 Å². The van der Waals surface area contributed by atoms with E-state index in [1.807, 2.05) is 61.5 Å². The molecule has 3 aromatic carbocycles. The van der Waals surface area contributed by atoms with E-state index in [0.717, 1.165) is 29.7 Å². The first-order valence-corrected chi connectivity index (χ1v) is 12.1. The summed E-state index contributed by atoms with van der Waals surface area (Å²) in [7, 11) is 0. The molecule has 1 atom stereocenters. The van der Waals surface area contributed by atoms with Gasteiger partial charge in [-0.25, -0.2) is 4.39 Å². The number of nitrogens with one attached hydrogen (secondary N) is 2. The van der Waals surface area contributed by atoms with Crippen molar-refractivity contribution in [3.8, 4) is 5.75 Å². The van der Waals surface area contributed by atoms with Crippen LogP contribution in [0.25, 0.3) is 0 Å². The second kappa shape index (κ2) is 10.2. The second-order valence-corrected chi connectivity index (χ2v) is 9.04. The van der Waals surface area contributed by atoms with Gasteiger partial charge in [-0.2, -0.15) is 0 Å². The molecule has 5 nitrogen and oxygen atoms in total. The van der Waals surface area contributed by atoms with Crippen molar-refractivity contribution in [3.63, 3.8) is 0 Å². The summed E-state index contributed by atoms with van der Waals surface area (Å²) in [6.07, 6.45) is 1.96. The summed E-state index contributed by atoms with van der Waals surface area (Å²) in [6.45, 7) is 2.21. The van der Waals surface area contributed by atoms with E-state index in [2.05, 4.69) is 10.6 Å². The standard InChI is InChI=1S/C30H27FN2O3/c1-19-27(30(35)33-22-16-14-21(31)15-17-22)28(29-24(32-19)11-7-12-25(29)34)23-10-5-6-13-26(23)36-18-20-8-3-2-4-9-20/h2-6,8-10,13-17,28,32H,7,11-12,18H2,1H3,(H,33,35)/t28-/m1/s1. The van der Waals surface area contributed by atoms with Crippen LogP contribution in [0.5, 0.6) is 5.75 Å². The smallest absolute Gasteiger partial charge is 0.254 e. The Kier molecular flexibility index (Phi) is 6.67. The van der Waals surface area contributed by atoms with Crippen LogP contribution in [0, 0.1) is 5.82 Å². The molecule has 0 bridgehead atoms. The van der Waals surface area contributed by atoms with Crippen LogP contribution < -0.4 is 15.4 Å². The number of ketones is 1. The molecule has 1 amide bonds. The minimum atomic E-state index is -0.582. The second-order valence-electron chi connectivity index (χ2n) is 9.04. The zero-order chi connectivity index (χ0) is 25.1. The summed E-state index contributed by atoms with van der Waals surface area (Å²) in [5.74, 6) is -0.655. The number of carbonyl (C=O) groups excluding carboxylic acids is 2. The molecular weight excluding hydrogens is 455 g/mol. The summed E-state index contributed by atoms with van der Waals surface area (Å²) < 4.78 is 19.6. The Balaban J connectivity index is 1.55. The molecule has 3 aromatic rings. The lowest BCUT2D eigenvalue weighted by Gasteiger charge is -2.35. The van der Waals surface area contributed by atoms with Gasteiger partial charge in [-0.3, -0.25) is 9.59 Å². The molecule has 1 aliphatic heterocycles. The first kappa shape index (κ1) is 23.5. The summed E-state index contributed by atoms with van der Waals surface area (Å²) >= 11 is 0. The number of ether oxygens (including phenoxy) is 1. The van der Waals surface area contributed by atoms with Gasteiger partial charge in [0.05, 0.1) is 5.92 Å². The van der Waals surface area contributed by atoms with Crippen molar-refractivity contribution in [2.24, 2.45) is 0 Å². The first-order chi connectivity index (χ1) is 17.5. The SMILES string of the molecule is CC1=C(C(=O)Nc2ccc(F)cc2)[C@@H](c2ccccc2OCc2ccccc2)C2=C(CCCC2=O)N1. The van der Waals surface area contributed by atoms with Crippen LogP contribution in [0.15, 0.2) is 101 Å². The molecule has 36 heavy (non-hydrogen) atoms. The molecule has 1 aliphatic carbocycles. The molecule has 0 radical (unpaired) electrons. The average Bonchev–Trinajstić information content (AvgIpc) is 2.89. The number of carbonyl (C=O) groups is 2. The fraction of sp³-hybridized carbons (Fsp3) is 0.200. The lowest BCUT2D eigenvalue weighted by atomic mass is 9.74. The summed E-state index contributed by atoms with van der Waals surface area (Å²) in [6, 6.07) is 23.0. The molecule has 0 unspecified atom stereocenters. The Hall–Kier alpha value is -4.19. The number of dihydropyridines is 1. The van der Waals surface area contributed by atoms with Crippen molar-refractivity contribution < 1.29 is 18.7 Å². The predicted octanol–water partition coefficient (Wildman–Crippen LogP) is 6.01. The number of halogens is 1. The number of amides is 1. The molecule has 0 spiro atoms. The van der Waals surface area contributed by atoms with Crippen LogP contribution >= 0.6 is 0 Å². The number of para-hydroxylation sites is 1. The van der Waals surface area contributed by atoms with Crippen molar-refractivity contribution in [1.29, 1.82) is 0 Å². The minimum Gasteiger partial charge on any atom is -0.489 e. The van der Waals surface area contributed by atoms with Crippen LogP contribution in [-0.4, -0.2) is 11.7 Å². The predicted molar refractivity (Wildman–Crippen MR) is 137 cm³/mol. The van der Waals surface area contributed by atoms with Crippen LogP contribution in [0.4, 0.5) is 10.1 Å². The van der Waals surface area contributed by atoms with Gasteiger partial charge in [0.15, 0.2) is 5.78 Å². The van der Waals surface area contributed by atoms with E-state index in [0.29, 0.717) is 41.3 Å². The molecular formula is C30H27FN2O3. The number of Topliss-reactive ketones (excluding diaryl/α,β-unsaturated/α-hetero) is 1. The topological polar surface area (TPSA) is 67.4 Å². The molecule has 5 rings (SSSR count). The van der Waals surface area contributed by atoms with Gasteiger partial charge in [0.2, 0.25) is 0 Å². The third-order valence-electron chi connectivity index (χ3n) is 6.59. The fourth-order valence-electron chi connectivity index (χ4n) is 4.91. The van der Waals surface area contributed by atoms with Crippen LogP contribution in [-0.2, 0) is 16.2 Å². The van der Waals surface area contributed by atoms with Crippen LogP contribution in [0.1, 0.15) is 43.2 Å². The molecule has 6 heteroatoms. The Morgan fingerprint density at radius 1 is 1.00 bits per heavy atom. The van der Waals surface area contributed by atoms with E-state index in [-0.39, 0.29) is 17.5 Å². The lowest BCUT2D eigenvalue weighted by molar-refractivity contribution is -0.116. The number of rotatable bonds is 6. The van der Waals surface area contributed by atoms with Crippen molar-refractivity contribution in [2.75, 3.05) is 5.32 Å². The van der Waals surface area contributed by atoms with Gasteiger partial charge >= 0.3 is 0 Å². The van der Waals surface area contributed by atoms with Crippen molar-refractivity contribution in [3.05, 3.63) is 118 Å². The largest absolute Gasteiger partial charge is 0.489 e.